The maximum atomic E-state index is 11.8. The summed E-state index contributed by atoms with van der Waals surface area (Å²) in [4.78, 5) is 23.9. The van der Waals surface area contributed by atoms with Gasteiger partial charge < -0.3 is 10.2 Å². The highest BCUT2D eigenvalue weighted by atomic mass is 16.6. The van der Waals surface area contributed by atoms with Crippen LogP contribution in [0.15, 0.2) is 18.2 Å². The van der Waals surface area contributed by atoms with E-state index in [9.17, 15) is 14.9 Å². The van der Waals surface area contributed by atoms with Crippen LogP contribution in [0.1, 0.15) is 18.4 Å². The summed E-state index contributed by atoms with van der Waals surface area (Å²) in [6.07, 6.45) is 1.61. The van der Waals surface area contributed by atoms with Crippen molar-refractivity contribution < 1.29 is 9.72 Å². The van der Waals surface area contributed by atoms with E-state index in [0.29, 0.717) is 12.2 Å². The summed E-state index contributed by atoms with van der Waals surface area (Å²) in [6.45, 7) is 0.695. The van der Waals surface area contributed by atoms with Gasteiger partial charge in [-0.1, -0.05) is 0 Å². The molecule has 0 radical (unpaired) electrons. The lowest BCUT2D eigenvalue weighted by atomic mass is 10.1. The number of nitrogens with one attached hydrogen (secondary N) is 1. The van der Waals surface area contributed by atoms with Gasteiger partial charge in [0.2, 0.25) is 5.91 Å². The molecule has 1 unspecified atom stereocenters. The van der Waals surface area contributed by atoms with Crippen molar-refractivity contribution in [1.82, 2.24) is 5.32 Å². The van der Waals surface area contributed by atoms with Gasteiger partial charge in [-0.2, -0.15) is 5.26 Å². The molecule has 0 aliphatic carbocycles. The maximum absolute atomic E-state index is 11.8. The molecular formula is C13H14N4O3. The lowest BCUT2D eigenvalue weighted by molar-refractivity contribution is -0.385. The van der Waals surface area contributed by atoms with Crippen molar-refractivity contribution in [2.45, 2.75) is 18.9 Å². The summed E-state index contributed by atoms with van der Waals surface area (Å²) in [6, 6.07) is 5.91. The lowest BCUT2D eigenvalue weighted by Crippen LogP contribution is -2.42. The first-order valence-corrected chi connectivity index (χ1v) is 6.25. The molecule has 7 nitrogen and oxygen atoms in total. The third-order valence-corrected chi connectivity index (χ3v) is 3.43. The summed E-state index contributed by atoms with van der Waals surface area (Å²) < 4.78 is 0. The maximum Gasteiger partial charge on any atom is 0.287 e. The zero-order chi connectivity index (χ0) is 14.7. The van der Waals surface area contributed by atoms with Crippen molar-refractivity contribution in [2.75, 3.05) is 18.5 Å². The van der Waals surface area contributed by atoms with Crippen molar-refractivity contribution in [2.24, 2.45) is 0 Å². The molecule has 20 heavy (non-hydrogen) atoms. The predicted octanol–water partition coefficient (Wildman–Crippen LogP) is 1.18. The van der Waals surface area contributed by atoms with Crippen LogP contribution in [-0.2, 0) is 4.79 Å². The third-order valence-electron chi connectivity index (χ3n) is 3.43. The summed E-state index contributed by atoms with van der Waals surface area (Å²) in [5, 5.41) is 22.4. The average Bonchev–Trinajstić information content (AvgIpc) is 2.94. The molecule has 104 valence electrons. The number of hydrogen-bond acceptors (Lipinski definition) is 5. The smallest absolute Gasteiger partial charge is 0.287 e. The Kier molecular flexibility index (Phi) is 3.84. The van der Waals surface area contributed by atoms with Gasteiger partial charge in [-0.3, -0.25) is 14.9 Å². The quantitative estimate of drug-likeness (QED) is 0.659. The van der Waals surface area contributed by atoms with E-state index in [1.54, 1.807) is 13.1 Å². The fraction of sp³-hybridized carbons (Fsp3) is 0.385. The van der Waals surface area contributed by atoms with E-state index >= 15 is 0 Å². The van der Waals surface area contributed by atoms with Crippen LogP contribution >= 0.6 is 0 Å². The Labute approximate surface area is 115 Å². The van der Waals surface area contributed by atoms with Gasteiger partial charge in [0.05, 0.1) is 4.92 Å². The van der Waals surface area contributed by atoms with Crippen molar-refractivity contribution >= 4 is 17.3 Å². The number of likely N-dealkylation sites (N-methyl/N-ethyl adjacent to an activating group) is 1. The highest BCUT2D eigenvalue weighted by molar-refractivity contribution is 5.85. The van der Waals surface area contributed by atoms with E-state index in [1.807, 2.05) is 11.0 Å². The largest absolute Gasteiger partial charge is 0.359 e. The van der Waals surface area contributed by atoms with E-state index in [0.717, 1.165) is 12.8 Å². The Bertz CT molecular complexity index is 594. The Morgan fingerprint density at radius 3 is 2.95 bits per heavy atom. The highest BCUT2D eigenvalue weighted by Crippen LogP contribution is 2.29. The minimum absolute atomic E-state index is 0.00931. The van der Waals surface area contributed by atoms with Crippen molar-refractivity contribution in [3.63, 3.8) is 0 Å². The molecule has 1 aromatic rings. The topological polar surface area (TPSA) is 99.3 Å². The van der Waals surface area contributed by atoms with Crippen LogP contribution in [0.3, 0.4) is 0 Å². The van der Waals surface area contributed by atoms with Gasteiger partial charge in [-0.15, -0.1) is 0 Å². The fourth-order valence-corrected chi connectivity index (χ4v) is 2.47. The molecule has 1 aliphatic rings. The molecule has 2 rings (SSSR count). The summed E-state index contributed by atoms with van der Waals surface area (Å²) in [7, 11) is 1.58. The molecule has 1 heterocycles. The first kappa shape index (κ1) is 13.8. The molecule has 1 aromatic carbocycles. The van der Waals surface area contributed by atoms with Crippen molar-refractivity contribution in [3.05, 3.63) is 33.9 Å². The van der Waals surface area contributed by atoms with Crippen LogP contribution in [-0.4, -0.2) is 30.5 Å². The minimum atomic E-state index is -0.581. The molecule has 1 aliphatic heterocycles. The number of amides is 1. The SMILES string of the molecule is CNC(=O)C1CCCN1c1ccc([N+](=O)[O-])c(C#N)c1. The minimum Gasteiger partial charge on any atom is -0.359 e. The number of nitriles is 1. The number of nitro groups is 1. The monoisotopic (exact) mass is 274 g/mol. The summed E-state index contributed by atoms with van der Waals surface area (Å²) >= 11 is 0. The Morgan fingerprint density at radius 1 is 1.60 bits per heavy atom. The highest BCUT2D eigenvalue weighted by Gasteiger charge is 2.31. The normalized spacial score (nSPS) is 17.6. The summed E-state index contributed by atoms with van der Waals surface area (Å²) in [5.74, 6) is -0.0839. The number of hydrogen-bond donors (Lipinski definition) is 1. The molecule has 0 bridgehead atoms. The standard InChI is InChI=1S/C13H14N4O3/c1-15-13(18)12-3-2-6-16(12)10-4-5-11(17(19)20)9(7-10)8-14/h4-5,7,12H,2-3,6H2,1H3,(H,15,18). The average molecular weight is 274 g/mol. The second-order valence-electron chi connectivity index (χ2n) is 4.54. The van der Waals surface area contributed by atoms with Gasteiger partial charge in [-0.25, -0.2) is 0 Å². The van der Waals surface area contributed by atoms with Gasteiger partial charge in [-0.05, 0) is 25.0 Å². The zero-order valence-corrected chi connectivity index (χ0v) is 11.0. The predicted molar refractivity (Wildman–Crippen MR) is 72.2 cm³/mol. The van der Waals surface area contributed by atoms with Crippen LogP contribution in [0.2, 0.25) is 0 Å². The van der Waals surface area contributed by atoms with Crippen LogP contribution in [0.25, 0.3) is 0 Å². The fourth-order valence-electron chi connectivity index (χ4n) is 2.47. The Morgan fingerprint density at radius 2 is 2.35 bits per heavy atom. The van der Waals surface area contributed by atoms with E-state index in [-0.39, 0.29) is 23.2 Å². The second-order valence-corrected chi connectivity index (χ2v) is 4.54. The number of anilines is 1. The number of nitro benzene ring substituents is 1. The van der Waals surface area contributed by atoms with Crippen LogP contribution in [0.4, 0.5) is 11.4 Å². The number of carbonyl (C=O) groups excluding carboxylic acids is 1. The molecule has 1 atom stereocenters. The van der Waals surface area contributed by atoms with Gasteiger partial charge in [0.25, 0.3) is 5.69 Å². The number of nitrogens with zero attached hydrogens (tertiary/aromatic N) is 3. The molecule has 7 heteroatoms. The van der Waals surface area contributed by atoms with Gasteiger partial charge in [0.15, 0.2) is 0 Å². The van der Waals surface area contributed by atoms with Crippen molar-refractivity contribution in [3.8, 4) is 6.07 Å². The third kappa shape index (κ3) is 2.40. The molecule has 1 N–H and O–H groups in total. The molecular weight excluding hydrogens is 260 g/mol. The van der Waals surface area contributed by atoms with Crippen LogP contribution < -0.4 is 10.2 Å². The van der Waals surface area contributed by atoms with Gasteiger partial charge in [0, 0.05) is 25.3 Å². The van der Waals surface area contributed by atoms with Crippen molar-refractivity contribution in [1.29, 1.82) is 5.26 Å². The first-order valence-electron chi connectivity index (χ1n) is 6.25. The zero-order valence-electron chi connectivity index (χ0n) is 11.0. The Balaban J connectivity index is 2.36. The molecule has 0 saturated carbocycles. The van der Waals surface area contributed by atoms with E-state index in [2.05, 4.69) is 5.32 Å². The molecule has 1 fully saturated rings. The molecule has 1 amide bonds. The summed E-state index contributed by atoms with van der Waals surface area (Å²) in [5.41, 5.74) is 0.459. The number of rotatable bonds is 3. The number of carbonyl (C=O) groups is 1. The van der Waals surface area contributed by atoms with Gasteiger partial charge >= 0.3 is 0 Å². The van der Waals surface area contributed by atoms with E-state index in [1.165, 1.54) is 12.1 Å². The van der Waals surface area contributed by atoms with Crippen LogP contribution in [0, 0.1) is 21.4 Å². The van der Waals surface area contributed by atoms with E-state index in [4.69, 9.17) is 5.26 Å². The van der Waals surface area contributed by atoms with Gasteiger partial charge in [0.1, 0.15) is 17.7 Å². The van der Waals surface area contributed by atoms with Crippen LogP contribution in [0.5, 0.6) is 0 Å². The molecule has 0 aromatic heterocycles. The number of benzene rings is 1. The first-order chi connectivity index (χ1) is 9.58. The Hall–Kier alpha value is -2.62. The second kappa shape index (κ2) is 5.57. The van der Waals surface area contributed by atoms with E-state index < -0.39 is 4.92 Å². The molecule has 1 saturated heterocycles. The molecule has 0 spiro atoms. The lowest BCUT2D eigenvalue weighted by Gasteiger charge is -2.25.